The van der Waals surface area contributed by atoms with Gasteiger partial charge in [0, 0.05) is 10.6 Å². The highest BCUT2D eigenvalue weighted by molar-refractivity contribution is 6.36. The first kappa shape index (κ1) is 13.1. The van der Waals surface area contributed by atoms with Crippen molar-refractivity contribution in [2.45, 2.75) is 6.61 Å². The highest BCUT2D eigenvalue weighted by Gasteiger charge is 2.11. The van der Waals surface area contributed by atoms with Crippen LogP contribution in [-0.2, 0) is 11.3 Å². The van der Waals surface area contributed by atoms with Gasteiger partial charge < -0.3 is 9.15 Å². The quantitative estimate of drug-likeness (QED) is 0.780. The number of carbonyl (C=O) groups excluding carboxylic acids is 1. The third-order valence-electron chi connectivity index (χ3n) is 2.29. The summed E-state index contributed by atoms with van der Waals surface area (Å²) in [7, 11) is 0. The van der Waals surface area contributed by atoms with Gasteiger partial charge in [-0.3, -0.25) is 4.79 Å². The molecule has 5 heteroatoms. The van der Waals surface area contributed by atoms with Gasteiger partial charge in [0.15, 0.2) is 5.78 Å². The van der Waals surface area contributed by atoms with Crippen LogP contribution in [0.1, 0.15) is 16.1 Å². The second-order valence-corrected chi connectivity index (χ2v) is 4.46. The fraction of sp³-hybridized carbons (Fsp3) is 0.154. The predicted octanol–water partition coefficient (Wildman–Crippen LogP) is 3.99. The van der Waals surface area contributed by atoms with Gasteiger partial charge in [-0.2, -0.15) is 0 Å². The molecule has 94 valence electrons. The number of carbonyl (C=O) groups is 1. The fourth-order valence-electron chi connectivity index (χ4n) is 1.43. The molecule has 0 bridgehead atoms. The average molecular weight is 285 g/mol. The Morgan fingerprint density at radius 2 is 2.11 bits per heavy atom. The SMILES string of the molecule is O=C(COCc1ccco1)c1ccc(Cl)cc1Cl. The van der Waals surface area contributed by atoms with Crippen LogP contribution >= 0.6 is 23.2 Å². The van der Waals surface area contributed by atoms with E-state index >= 15 is 0 Å². The molecule has 2 aromatic rings. The molecule has 0 aliphatic carbocycles. The number of hydrogen-bond acceptors (Lipinski definition) is 3. The number of ketones is 1. The highest BCUT2D eigenvalue weighted by atomic mass is 35.5. The maximum absolute atomic E-state index is 11.8. The molecule has 0 amide bonds. The summed E-state index contributed by atoms with van der Waals surface area (Å²) in [6, 6.07) is 8.27. The van der Waals surface area contributed by atoms with Crippen LogP contribution in [0.15, 0.2) is 41.0 Å². The van der Waals surface area contributed by atoms with E-state index < -0.39 is 0 Å². The summed E-state index contributed by atoms with van der Waals surface area (Å²) < 4.78 is 10.3. The van der Waals surface area contributed by atoms with Gasteiger partial charge in [0.2, 0.25) is 0 Å². The molecule has 0 aliphatic heterocycles. The predicted molar refractivity (Wildman–Crippen MR) is 69.2 cm³/mol. The number of ether oxygens (including phenoxy) is 1. The van der Waals surface area contributed by atoms with Crippen molar-refractivity contribution >= 4 is 29.0 Å². The van der Waals surface area contributed by atoms with Crippen molar-refractivity contribution in [2.24, 2.45) is 0 Å². The molecule has 1 aromatic heterocycles. The highest BCUT2D eigenvalue weighted by Crippen LogP contribution is 2.21. The minimum absolute atomic E-state index is 0.0535. The lowest BCUT2D eigenvalue weighted by molar-refractivity contribution is 0.0691. The van der Waals surface area contributed by atoms with Gasteiger partial charge in [-0.1, -0.05) is 23.2 Å². The van der Waals surface area contributed by atoms with Crippen LogP contribution in [-0.4, -0.2) is 12.4 Å². The number of halogens is 2. The van der Waals surface area contributed by atoms with Gasteiger partial charge in [0.05, 0.1) is 11.3 Å². The van der Waals surface area contributed by atoms with Crippen LogP contribution < -0.4 is 0 Å². The van der Waals surface area contributed by atoms with Crippen LogP contribution in [0.4, 0.5) is 0 Å². The smallest absolute Gasteiger partial charge is 0.189 e. The normalized spacial score (nSPS) is 10.6. The Morgan fingerprint density at radius 1 is 1.28 bits per heavy atom. The fourth-order valence-corrected chi connectivity index (χ4v) is 1.95. The zero-order valence-corrected chi connectivity index (χ0v) is 10.9. The van der Waals surface area contributed by atoms with Crippen LogP contribution in [0.3, 0.4) is 0 Å². The third-order valence-corrected chi connectivity index (χ3v) is 2.84. The van der Waals surface area contributed by atoms with E-state index in [0.29, 0.717) is 21.4 Å². The molecular weight excluding hydrogens is 275 g/mol. The molecule has 1 aromatic carbocycles. The Bertz CT molecular complexity index is 535. The standard InChI is InChI=1S/C13H10Cl2O3/c14-9-3-4-11(12(15)6-9)13(16)8-17-7-10-2-1-5-18-10/h1-6H,7-8H2. The van der Waals surface area contributed by atoms with E-state index in [-0.39, 0.29) is 19.0 Å². The van der Waals surface area contributed by atoms with E-state index in [0.717, 1.165) is 0 Å². The number of Topliss-reactive ketones (excluding diaryl/α,β-unsaturated/α-hetero) is 1. The number of rotatable bonds is 5. The Hall–Kier alpha value is -1.29. The van der Waals surface area contributed by atoms with Crippen LogP contribution in [0, 0.1) is 0 Å². The maximum atomic E-state index is 11.8. The van der Waals surface area contributed by atoms with Crippen LogP contribution in [0.25, 0.3) is 0 Å². The molecule has 2 rings (SSSR count). The second kappa shape index (κ2) is 6.05. The van der Waals surface area contributed by atoms with E-state index in [9.17, 15) is 4.79 Å². The van der Waals surface area contributed by atoms with Crippen molar-refractivity contribution in [1.82, 2.24) is 0 Å². The molecule has 0 saturated carbocycles. The molecule has 0 aliphatic rings. The van der Waals surface area contributed by atoms with E-state index in [1.165, 1.54) is 6.07 Å². The van der Waals surface area contributed by atoms with Crippen molar-refractivity contribution in [3.63, 3.8) is 0 Å². The van der Waals surface area contributed by atoms with Crippen molar-refractivity contribution in [3.8, 4) is 0 Å². The molecule has 1 heterocycles. The largest absolute Gasteiger partial charge is 0.467 e. The lowest BCUT2D eigenvalue weighted by Gasteiger charge is -2.04. The molecule has 0 radical (unpaired) electrons. The zero-order valence-electron chi connectivity index (χ0n) is 9.36. The van der Waals surface area contributed by atoms with E-state index in [1.807, 2.05) is 0 Å². The third kappa shape index (κ3) is 3.35. The van der Waals surface area contributed by atoms with E-state index in [4.69, 9.17) is 32.4 Å². The van der Waals surface area contributed by atoms with E-state index in [2.05, 4.69) is 0 Å². The van der Waals surface area contributed by atoms with Gasteiger partial charge in [0.1, 0.15) is 19.0 Å². The molecule has 18 heavy (non-hydrogen) atoms. The summed E-state index contributed by atoms with van der Waals surface area (Å²) in [5, 5.41) is 0.821. The molecule has 0 N–H and O–H groups in total. The number of furan rings is 1. The first-order valence-corrected chi connectivity index (χ1v) is 6.01. The van der Waals surface area contributed by atoms with Crippen molar-refractivity contribution in [3.05, 3.63) is 58.0 Å². The Kier molecular flexibility index (Phi) is 4.42. The molecule has 0 fully saturated rings. The van der Waals surface area contributed by atoms with E-state index in [1.54, 1.807) is 30.5 Å². The summed E-state index contributed by atoms with van der Waals surface area (Å²) in [5.41, 5.74) is 0.403. The first-order chi connectivity index (χ1) is 8.66. The Labute approximate surface area is 114 Å². The van der Waals surface area contributed by atoms with Gasteiger partial charge >= 0.3 is 0 Å². The summed E-state index contributed by atoms with van der Waals surface area (Å²) >= 11 is 11.7. The van der Waals surface area contributed by atoms with Gasteiger partial charge in [-0.15, -0.1) is 0 Å². The molecule has 0 unspecified atom stereocenters. The monoisotopic (exact) mass is 284 g/mol. The lowest BCUT2D eigenvalue weighted by Crippen LogP contribution is -2.09. The summed E-state index contributed by atoms with van der Waals surface area (Å²) in [4.78, 5) is 11.8. The molecule has 0 spiro atoms. The minimum atomic E-state index is -0.191. The molecule has 0 atom stereocenters. The minimum Gasteiger partial charge on any atom is -0.467 e. The average Bonchev–Trinajstić information content (AvgIpc) is 2.81. The first-order valence-electron chi connectivity index (χ1n) is 5.25. The van der Waals surface area contributed by atoms with Crippen LogP contribution in [0.5, 0.6) is 0 Å². The molecule has 0 saturated heterocycles. The Morgan fingerprint density at radius 3 is 2.78 bits per heavy atom. The van der Waals surface area contributed by atoms with Gasteiger partial charge in [0.25, 0.3) is 0 Å². The van der Waals surface area contributed by atoms with Crippen LogP contribution in [0.2, 0.25) is 10.0 Å². The van der Waals surface area contributed by atoms with Crippen molar-refractivity contribution < 1.29 is 13.9 Å². The van der Waals surface area contributed by atoms with Crippen molar-refractivity contribution in [2.75, 3.05) is 6.61 Å². The second-order valence-electron chi connectivity index (χ2n) is 3.62. The maximum Gasteiger partial charge on any atom is 0.189 e. The summed E-state index contributed by atoms with van der Waals surface area (Å²) in [6.07, 6.45) is 1.55. The van der Waals surface area contributed by atoms with Gasteiger partial charge in [-0.25, -0.2) is 0 Å². The Balaban J connectivity index is 1.91. The van der Waals surface area contributed by atoms with Crippen molar-refractivity contribution in [1.29, 1.82) is 0 Å². The van der Waals surface area contributed by atoms with Gasteiger partial charge in [-0.05, 0) is 30.3 Å². The number of hydrogen-bond donors (Lipinski definition) is 0. The zero-order chi connectivity index (χ0) is 13.0. The summed E-state index contributed by atoms with van der Waals surface area (Å²) in [6.45, 7) is 0.200. The molecular formula is C13H10Cl2O3. The number of benzene rings is 1. The molecule has 3 nitrogen and oxygen atoms in total. The summed E-state index contributed by atoms with van der Waals surface area (Å²) in [5.74, 6) is 0.480. The topological polar surface area (TPSA) is 39.4 Å². The lowest BCUT2D eigenvalue weighted by atomic mass is 10.1.